The molecule has 0 aliphatic carbocycles. The monoisotopic (exact) mass is 652 g/mol. The number of rotatable bonds is 4. The Hall–Kier alpha value is -6.58. The Bertz CT molecular complexity index is 3150. The first-order valence-corrected chi connectivity index (χ1v) is 17.6. The minimum absolute atomic E-state index is 0.886. The zero-order chi connectivity index (χ0) is 33.8. The van der Waals surface area contributed by atoms with E-state index in [1.807, 2.05) is 6.07 Å². The number of aryl methyl sites for hydroxylation is 2. The van der Waals surface area contributed by atoms with Crippen molar-refractivity contribution in [3.8, 4) is 5.69 Å². The van der Waals surface area contributed by atoms with Gasteiger partial charge in [-0.05, 0) is 100 Å². The lowest BCUT2D eigenvalue weighted by Crippen LogP contribution is -2.11. The van der Waals surface area contributed by atoms with Gasteiger partial charge in [0.1, 0.15) is 5.58 Å². The third-order valence-electron chi connectivity index (χ3n) is 11.0. The summed E-state index contributed by atoms with van der Waals surface area (Å²) in [6.45, 7) is 4.56. The molecule has 3 nitrogen and oxygen atoms in total. The standard InChI is InChI=1S/C48H32N2O/c1-29-28-42(49(31-14-5-3-6-15-31)41-22-13-20-36-35-18-10-12-23-43(35)51-48(36)41)38-26-25-34-30(2)47-46(39-27-24-33(29)44(38)45(34)39)37-19-9-11-21-40(37)50(47)32-16-7-4-8-17-32/h3-28H,1-2H3. The predicted octanol–water partition coefficient (Wildman–Crippen LogP) is 13.7. The topological polar surface area (TPSA) is 21.3 Å². The molecule has 11 rings (SSSR count). The maximum Gasteiger partial charge on any atom is 0.159 e. The van der Waals surface area contributed by atoms with Crippen LogP contribution < -0.4 is 4.90 Å². The lowest BCUT2D eigenvalue weighted by Gasteiger charge is -2.28. The Balaban J connectivity index is 1.28. The number of nitrogens with zero attached hydrogens (tertiary/aromatic N) is 2. The molecule has 0 saturated heterocycles. The van der Waals surface area contributed by atoms with Crippen molar-refractivity contribution in [3.63, 3.8) is 0 Å². The maximum atomic E-state index is 6.66. The van der Waals surface area contributed by atoms with E-state index in [0.29, 0.717) is 0 Å². The first-order valence-electron chi connectivity index (χ1n) is 17.6. The van der Waals surface area contributed by atoms with Gasteiger partial charge < -0.3 is 13.9 Å². The minimum Gasteiger partial charge on any atom is -0.454 e. The molecule has 0 unspecified atom stereocenters. The molecule has 0 N–H and O–H groups in total. The first-order chi connectivity index (χ1) is 25.2. The molecule has 9 aromatic carbocycles. The Labute approximate surface area is 294 Å². The van der Waals surface area contributed by atoms with Gasteiger partial charge in [-0.15, -0.1) is 0 Å². The fourth-order valence-corrected chi connectivity index (χ4v) is 8.84. The molecule has 240 valence electrons. The molecule has 0 aliphatic heterocycles. The summed E-state index contributed by atoms with van der Waals surface area (Å²) in [7, 11) is 0. The zero-order valence-corrected chi connectivity index (χ0v) is 28.3. The Morgan fingerprint density at radius 3 is 1.96 bits per heavy atom. The molecule has 0 spiro atoms. The fraction of sp³-hybridized carbons (Fsp3) is 0.0417. The average molecular weight is 653 g/mol. The van der Waals surface area contributed by atoms with Crippen LogP contribution in [0.15, 0.2) is 162 Å². The van der Waals surface area contributed by atoms with Gasteiger partial charge in [-0.2, -0.15) is 0 Å². The number of fused-ring (bicyclic) bond motifs is 7. The van der Waals surface area contributed by atoms with Crippen molar-refractivity contribution in [3.05, 3.63) is 169 Å². The minimum atomic E-state index is 0.886. The van der Waals surface area contributed by atoms with Crippen molar-refractivity contribution in [2.24, 2.45) is 0 Å². The highest BCUT2D eigenvalue weighted by molar-refractivity contribution is 6.35. The van der Waals surface area contributed by atoms with E-state index in [2.05, 4.69) is 175 Å². The number of furan rings is 1. The fourth-order valence-electron chi connectivity index (χ4n) is 8.84. The Kier molecular flexibility index (Phi) is 5.80. The number of para-hydroxylation sites is 5. The van der Waals surface area contributed by atoms with E-state index in [9.17, 15) is 0 Å². The normalized spacial score (nSPS) is 12.1. The van der Waals surface area contributed by atoms with E-state index >= 15 is 0 Å². The molecule has 0 atom stereocenters. The van der Waals surface area contributed by atoms with Gasteiger partial charge in [0, 0.05) is 38.3 Å². The molecular formula is C48H32N2O. The van der Waals surface area contributed by atoms with Crippen LogP contribution in [0.25, 0.3) is 81.7 Å². The van der Waals surface area contributed by atoms with Crippen molar-refractivity contribution in [1.82, 2.24) is 4.57 Å². The molecular weight excluding hydrogens is 621 g/mol. The third kappa shape index (κ3) is 3.83. The number of anilines is 3. The molecule has 51 heavy (non-hydrogen) atoms. The summed E-state index contributed by atoms with van der Waals surface area (Å²) in [6, 6.07) is 57.0. The third-order valence-corrected chi connectivity index (χ3v) is 11.0. The first kappa shape index (κ1) is 28.3. The molecule has 2 heterocycles. The highest BCUT2D eigenvalue weighted by atomic mass is 16.3. The summed E-state index contributed by atoms with van der Waals surface area (Å²) in [4.78, 5) is 2.40. The molecule has 3 heteroatoms. The van der Waals surface area contributed by atoms with Crippen molar-refractivity contribution in [2.75, 3.05) is 4.90 Å². The van der Waals surface area contributed by atoms with Crippen molar-refractivity contribution < 1.29 is 4.42 Å². The smallest absolute Gasteiger partial charge is 0.159 e. The largest absolute Gasteiger partial charge is 0.454 e. The Morgan fingerprint density at radius 1 is 0.471 bits per heavy atom. The van der Waals surface area contributed by atoms with Gasteiger partial charge in [0.15, 0.2) is 5.58 Å². The van der Waals surface area contributed by atoms with E-state index in [1.54, 1.807) is 0 Å². The predicted molar refractivity (Wildman–Crippen MR) is 216 cm³/mol. The van der Waals surface area contributed by atoms with Gasteiger partial charge in [0.25, 0.3) is 0 Å². The van der Waals surface area contributed by atoms with Crippen LogP contribution in [-0.2, 0) is 0 Å². The average Bonchev–Trinajstić information content (AvgIpc) is 3.74. The van der Waals surface area contributed by atoms with Crippen LogP contribution >= 0.6 is 0 Å². The van der Waals surface area contributed by atoms with Crippen molar-refractivity contribution in [1.29, 1.82) is 0 Å². The maximum absolute atomic E-state index is 6.66. The molecule has 0 saturated carbocycles. The van der Waals surface area contributed by atoms with E-state index in [1.165, 1.54) is 70.9 Å². The summed E-state index contributed by atoms with van der Waals surface area (Å²) >= 11 is 0. The summed E-state index contributed by atoms with van der Waals surface area (Å²) in [5, 5.41) is 12.5. The van der Waals surface area contributed by atoms with Gasteiger partial charge in [0.2, 0.25) is 0 Å². The highest BCUT2D eigenvalue weighted by Gasteiger charge is 2.25. The summed E-state index contributed by atoms with van der Waals surface area (Å²) in [5.41, 5.74) is 11.2. The van der Waals surface area contributed by atoms with Crippen molar-refractivity contribution in [2.45, 2.75) is 13.8 Å². The second kappa shape index (κ2) is 10.5. The lowest BCUT2D eigenvalue weighted by molar-refractivity contribution is 0.669. The van der Waals surface area contributed by atoms with E-state index in [-0.39, 0.29) is 0 Å². The Morgan fingerprint density at radius 2 is 1.12 bits per heavy atom. The molecule has 0 aliphatic rings. The van der Waals surface area contributed by atoms with Gasteiger partial charge in [-0.1, -0.05) is 109 Å². The van der Waals surface area contributed by atoms with Gasteiger partial charge in [-0.3, -0.25) is 0 Å². The van der Waals surface area contributed by atoms with Gasteiger partial charge in [0.05, 0.1) is 22.4 Å². The van der Waals surface area contributed by atoms with Crippen LogP contribution in [0.4, 0.5) is 17.1 Å². The summed E-state index contributed by atoms with van der Waals surface area (Å²) < 4.78 is 9.12. The van der Waals surface area contributed by atoms with E-state index < -0.39 is 0 Å². The molecule has 0 fully saturated rings. The van der Waals surface area contributed by atoms with Crippen LogP contribution in [0, 0.1) is 13.8 Å². The van der Waals surface area contributed by atoms with E-state index in [0.717, 1.165) is 39.0 Å². The van der Waals surface area contributed by atoms with Gasteiger partial charge >= 0.3 is 0 Å². The number of hydrogen-bond acceptors (Lipinski definition) is 2. The zero-order valence-electron chi connectivity index (χ0n) is 28.3. The molecule has 0 amide bonds. The second-order valence-corrected chi connectivity index (χ2v) is 13.7. The lowest BCUT2D eigenvalue weighted by atomic mass is 9.87. The molecule has 2 aromatic heterocycles. The van der Waals surface area contributed by atoms with Crippen LogP contribution in [0.5, 0.6) is 0 Å². The summed E-state index contributed by atoms with van der Waals surface area (Å²) in [6.07, 6.45) is 0. The summed E-state index contributed by atoms with van der Waals surface area (Å²) in [5.74, 6) is 0. The SMILES string of the molecule is Cc1cc(N(c2ccccc2)c2cccc3c2oc2ccccc23)c2ccc3c(C)c4c(c5ccc1c2c35)c1ccccc1n4-c1ccccc1. The van der Waals surface area contributed by atoms with Crippen LogP contribution in [-0.4, -0.2) is 4.57 Å². The second-order valence-electron chi connectivity index (χ2n) is 13.7. The van der Waals surface area contributed by atoms with Crippen molar-refractivity contribution >= 4 is 93.1 Å². The number of aromatic nitrogens is 1. The quantitative estimate of drug-likeness (QED) is 0.176. The number of benzene rings is 9. The molecule has 0 bridgehead atoms. The highest BCUT2D eigenvalue weighted by Crippen LogP contribution is 2.50. The van der Waals surface area contributed by atoms with Crippen LogP contribution in [0.1, 0.15) is 11.1 Å². The van der Waals surface area contributed by atoms with Crippen LogP contribution in [0.2, 0.25) is 0 Å². The molecule has 11 aromatic rings. The molecule has 0 radical (unpaired) electrons. The number of hydrogen-bond donors (Lipinski definition) is 0. The van der Waals surface area contributed by atoms with E-state index in [4.69, 9.17) is 4.42 Å². The van der Waals surface area contributed by atoms with Crippen LogP contribution in [0.3, 0.4) is 0 Å². The van der Waals surface area contributed by atoms with Gasteiger partial charge in [-0.25, -0.2) is 0 Å².